The Hall–Kier alpha value is -4.26. The Morgan fingerprint density at radius 2 is 1.81 bits per heavy atom. The highest BCUT2D eigenvalue weighted by Gasteiger charge is 2.21. The molecule has 0 N–H and O–H groups in total. The maximum absolute atomic E-state index is 13.1. The molecule has 0 fully saturated rings. The van der Waals surface area contributed by atoms with E-state index < -0.39 is 11.4 Å². The first-order valence-corrected chi connectivity index (χ1v) is 9.73. The van der Waals surface area contributed by atoms with E-state index in [0.29, 0.717) is 28.0 Å². The van der Waals surface area contributed by atoms with E-state index in [1.54, 1.807) is 48.5 Å². The Balaban J connectivity index is 1.69. The van der Waals surface area contributed by atoms with E-state index in [9.17, 15) is 9.59 Å². The first-order valence-electron chi connectivity index (χ1n) is 9.73. The second-order valence-electron chi connectivity index (χ2n) is 6.94. The van der Waals surface area contributed by atoms with Gasteiger partial charge in [-0.1, -0.05) is 17.7 Å². The van der Waals surface area contributed by atoms with Gasteiger partial charge in [0.2, 0.25) is 16.9 Å². The number of hydrogen-bond donors (Lipinski definition) is 0. The quantitative estimate of drug-likeness (QED) is 0.313. The molecule has 0 saturated heterocycles. The molecule has 2 aromatic heterocycles. The van der Waals surface area contributed by atoms with Gasteiger partial charge in [0.05, 0.1) is 25.9 Å². The van der Waals surface area contributed by atoms with Gasteiger partial charge in [-0.15, -0.1) is 0 Å². The maximum atomic E-state index is 13.1. The van der Waals surface area contributed by atoms with Crippen LogP contribution >= 0.6 is 0 Å². The van der Waals surface area contributed by atoms with Gasteiger partial charge in [0, 0.05) is 6.08 Å². The van der Waals surface area contributed by atoms with Crippen LogP contribution in [-0.4, -0.2) is 20.2 Å². The zero-order chi connectivity index (χ0) is 22.7. The van der Waals surface area contributed by atoms with Crippen molar-refractivity contribution >= 4 is 23.0 Å². The van der Waals surface area contributed by atoms with Crippen LogP contribution in [0.15, 0.2) is 74.5 Å². The molecule has 0 aliphatic rings. The molecule has 0 radical (unpaired) electrons. The number of esters is 1. The zero-order valence-corrected chi connectivity index (χ0v) is 17.7. The molecule has 7 nitrogen and oxygen atoms in total. The molecule has 4 rings (SSSR count). The second kappa shape index (κ2) is 8.85. The summed E-state index contributed by atoms with van der Waals surface area (Å²) >= 11 is 0. The molecule has 0 saturated carbocycles. The van der Waals surface area contributed by atoms with Gasteiger partial charge in [-0.3, -0.25) is 4.79 Å². The average molecular weight is 432 g/mol. The van der Waals surface area contributed by atoms with Gasteiger partial charge in [-0.2, -0.15) is 0 Å². The first-order chi connectivity index (χ1) is 15.5. The van der Waals surface area contributed by atoms with Gasteiger partial charge in [-0.05, 0) is 55.0 Å². The van der Waals surface area contributed by atoms with Crippen molar-refractivity contribution in [2.45, 2.75) is 6.92 Å². The number of furan rings is 1. The van der Waals surface area contributed by atoms with E-state index in [0.717, 1.165) is 5.56 Å². The molecule has 7 heteroatoms. The van der Waals surface area contributed by atoms with Crippen LogP contribution in [0.2, 0.25) is 0 Å². The summed E-state index contributed by atoms with van der Waals surface area (Å²) < 4.78 is 27.1. The van der Waals surface area contributed by atoms with Crippen molar-refractivity contribution in [2.24, 2.45) is 0 Å². The topological polar surface area (TPSA) is 88.1 Å². The van der Waals surface area contributed by atoms with Gasteiger partial charge in [0.25, 0.3) is 0 Å². The molecule has 0 aliphatic heterocycles. The molecule has 0 spiro atoms. The molecule has 2 heterocycles. The van der Waals surface area contributed by atoms with Gasteiger partial charge in [-0.25, -0.2) is 4.79 Å². The molecule has 2 aromatic carbocycles. The normalized spacial score (nSPS) is 11.1. The Bertz CT molecular complexity index is 1360. The molecule has 0 bridgehead atoms. The number of aryl methyl sites for hydroxylation is 1. The van der Waals surface area contributed by atoms with Gasteiger partial charge < -0.3 is 23.0 Å². The summed E-state index contributed by atoms with van der Waals surface area (Å²) in [5, 5.41) is 0.312. The van der Waals surface area contributed by atoms with Gasteiger partial charge in [0.1, 0.15) is 5.58 Å². The van der Waals surface area contributed by atoms with E-state index >= 15 is 0 Å². The van der Waals surface area contributed by atoms with E-state index in [2.05, 4.69) is 0 Å². The molecular formula is C25H20O7. The minimum absolute atomic E-state index is 0.0456. The minimum atomic E-state index is -0.744. The van der Waals surface area contributed by atoms with Crippen molar-refractivity contribution in [3.63, 3.8) is 0 Å². The highest BCUT2D eigenvalue weighted by molar-refractivity contribution is 5.91. The van der Waals surface area contributed by atoms with Crippen LogP contribution in [0.1, 0.15) is 11.1 Å². The van der Waals surface area contributed by atoms with Crippen LogP contribution in [0.4, 0.5) is 0 Å². The van der Waals surface area contributed by atoms with Crippen molar-refractivity contribution < 1.29 is 27.8 Å². The molecule has 32 heavy (non-hydrogen) atoms. The van der Waals surface area contributed by atoms with Crippen LogP contribution in [0.5, 0.6) is 17.2 Å². The van der Waals surface area contributed by atoms with Crippen LogP contribution in [0, 0.1) is 6.92 Å². The predicted octanol–water partition coefficient (Wildman–Crippen LogP) is 5.00. The molecular weight excluding hydrogens is 412 g/mol. The van der Waals surface area contributed by atoms with Gasteiger partial charge in [0.15, 0.2) is 17.3 Å². The number of carbonyl (C=O) groups excluding carboxylic acids is 1. The lowest BCUT2D eigenvalue weighted by molar-refractivity contribution is -0.129. The van der Waals surface area contributed by atoms with Crippen LogP contribution in [0.3, 0.4) is 0 Å². The summed E-state index contributed by atoms with van der Waals surface area (Å²) in [6, 6.07) is 13.7. The van der Waals surface area contributed by atoms with E-state index in [-0.39, 0.29) is 17.3 Å². The summed E-state index contributed by atoms with van der Waals surface area (Å²) in [6.45, 7) is 1.86. The van der Waals surface area contributed by atoms with Crippen molar-refractivity contribution in [3.8, 4) is 28.8 Å². The molecule has 0 aliphatic carbocycles. The standard InChI is InChI=1S/C25H20O7/c1-15-6-9-18-17(13-15)23(27)25(24(31-18)20-5-4-12-30-20)32-22(26)11-8-16-7-10-19(28-2)21(14-16)29-3/h4-14H,1-3H3. The summed E-state index contributed by atoms with van der Waals surface area (Å²) in [6.07, 6.45) is 4.20. The van der Waals surface area contributed by atoms with Crippen LogP contribution in [-0.2, 0) is 4.79 Å². The monoisotopic (exact) mass is 432 g/mol. The SMILES string of the molecule is COc1ccc(C=CC(=O)Oc2c(-c3ccco3)oc3ccc(C)cc3c2=O)cc1OC. The lowest BCUT2D eigenvalue weighted by Gasteiger charge is -2.09. The lowest BCUT2D eigenvalue weighted by atomic mass is 10.1. The molecule has 0 unspecified atom stereocenters. The number of hydrogen-bond acceptors (Lipinski definition) is 7. The molecule has 4 aromatic rings. The molecule has 0 amide bonds. The summed E-state index contributed by atoms with van der Waals surface area (Å²) in [5.41, 5.74) is 1.47. The lowest BCUT2D eigenvalue weighted by Crippen LogP contribution is -2.14. The Labute approximate surface area is 183 Å². The van der Waals surface area contributed by atoms with E-state index in [1.165, 1.54) is 26.6 Å². The van der Waals surface area contributed by atoms with Gasteiger partial charge >= 0.3 is 5.97 Å². The predicted molar refractivity (Wildman–Crippen MR) is 119 cm³/mol. The Kier molecular flexibility index (Phi) is 5.81. The number of ether oxygens (including phenoxy) is 3. The highest BCUT2D eigenvalue weighted by atomic mass is 16.5. The van der Waals surface area contributed by atoms with Crippen molar-refractivity contribution in [2.75, 3.05) is 14.2 Å². The average Bonchev–Trinajstić information content (AvgIpc) is 3.34. The zero-order valence-electron chi connectivity index (χ0n) is 17.7. The maximum Gasteiger partial charge on any atom is 0.336 e. The fourth-order valence-corrected chi connectivity index (χ4v) is 3.21. The first kappa shape index (κ1) is 21.0. The van der Waals surface area contributed by atoms with E-state index in [4.69, 9.17) is 23.0 Å². The number of carbonyl (C=O) groups is 1. The number of fused-ring (bicyclic) bond motifs is 1. The smallest absolute Gasteiger partial charge is 0.336 e. The summed E-state index contributed by atoms with van der Waals surface area (Å²) in [7, 11) is 3.06. The molecule has 0 atom stereocenters. The van der Waals surface area contributed by atoms with Crippen LogP contribution < -0.4 is 19.6 Å². The second-order valence-corrected chi connectivity index (χ2v) is 6.94. The summed E-state index contributed by atoms with van der Waals surface area (Å²) in [5.74, 6) is 0.431. The number of benzene rings is 2. The fourth-order valence-electron chi connectivity index (χ4n) is 3.21. The van der Waals surface area contributed by atoms with Crippen LogP contribution in [0.25, 0.3) is 28.6 Å². The third kappa shape index (κ3) is 4.13. The third-order valence-electron chi connectivity index (χ3n) is 4.77. The molecule has 162 valence electrons. The van der Waals surface area contributed by atoms with Crippen molar-refractivity contribution in [1.29, 1.82) is 0 Å². The fraction of sp³-hybridized carbons (Fsp3) is 0.120. The highest BCUT2D eigenvalue weighted by Crippen LogP contribution is 2.32. The Morgan fingerprint density at radius 3 is 2.53 bits per heavy atom. The van der Waals surface area contributed by atoms with Crippen molar-refractivity contribution in [1.82, 2.24) is 0 Å². The van der Waals surface area contributed by atoms with E-state index in [1.807, 2.05) is 13.0 Å². The van der Waals surface area contributed by atoms with Crippen molar-refractivity contribution in [3.05, 3.63) is 82.2 Å². The third-order valence-corrected chi connectivity index (χ3v) is 4.77. The largest absolute Gasteiger partial charge is 0.493 e. The summed E-state index contributed by atoms with van der Waals surface area (Å²) in [4.78, 5) is 25.7. The number of methoxy groups -OCH3 is 2. The Morgan fingerprint density at radius 1 is 1.00 bits per heavy atom. The number of rotatable bonds is 6. The minimum Gasteiger partial charge on any atom is -0.493 e.